The van der Waals surface area contributed by atoms with Gasteiger partial charge in [0.15, 0.2) is 0 Å². The molecule has 1 N–H and O–H groups in total. The molecule has 0 radical (unpaired) electrons. The van der Waals surface area contributed by atoms with Gasteiger partial charge in [0.1, 0.15) is 0 Å². The van der Waals surface area contributed by atoms with E-state index in [0.29, 0.717) is 0 Å². The first-order chi connectivity index (χ1) is 8.76. The average Bonchev–Trinajstić information content (AvgIpc) is 3.02. The molecule has 0 aromatic carbocycles. The lowest BCUT2D eigenvalue weighted by Crippen LogP contribution is -2.52. The molecule has 104 valence electrons. The fourth-order valence-electron chi connectivity index (χ4n) is 4.36. The summed E-state index contributed by atoms with van der Waals surface area (Å²) in [5, 5.41) is 9.72. The minimum absolute atomic E-state index is 0.126. The van der Waals surface area contributed by atoms with E-state index < -0.39 is 0 Å². The molecule has 2 aliphatic carbocycles. The number of aliphatic hydroxyl groups excluding tert-OH is 1. The summed E-state index contributed by atoms with van der Waals surface area (Å²) >= 11 is 0. The van der Waals surface area contributed by atoms with E-state index in [2.05, 4.69) is 16.7 Å². The number of hydrogen-bond acceptors (Lipinski definition) is 3. The van der Waals surface area contributed by atoms with Crippen molar-refractivity contribution in [2.45, 2.75) is 51.2 Å². The smallest absolute Gasteiger partial charge is 0.0664 e. The largest absolute Gasteiger partial charge is 0.392 e. The third kappa shape index (κ3) is 2.59. The van der Waals surface area contributed by atoms with Crippen LogP contribution in [0.4, 0.5) is 0 Å². The third-order valence-corrected chi connectivity index (χ3v) is 5.52. The Labute approximate surface area is 111 Å². The average molecular weight is 252 g/mol. The Bertz CT molecular complexity index is 276. The molecular formula is C15H28N2O. The van der Waals surface area contributed by atoms with Gasteiger partial charge >= 0.3 is 0 Å². The lowest BCUT2D eigenvalue weighted by atomic mass is 9.93. The third-order valence-electron chi connectivity index (χ3n) is 5.52. The summed E-state index contributed by atoms with van der Waals surface area (Å²) < 4.78 is 0. The summed E-state index contributed by atoms with van der Waals surface area (Å²) in [5.41, 5.74) is 0. The van der Waals surface area contributed by atoms with Crippen LogP contribution in [0.1, 0.15) is 39.0 Å². The molecule has 4 unspecified atom stereocenters. The highest BCUT2D eigenvalue weighted by atomic mass is 16.3. The van der Waals surface area contributed by atoms with Gasteiger partial charge in [-0.25, -0.2) is 0 Å². The SMILES string of the molecule is CCC(O)CN1CCN(C2CC3CCC2C3)CC1. The molecule has 1 heterocycles. The summed E-state index contributed by atoms with van der Waals surface area (Å²) in [6, 6.07) is 0.905. The van der Waals surface area contributed by atoms with Gasteiger partial charge in [-0.3, -0.25) is 9.80 Å². The van der Waals surface area contributed by atoms with E-state index in [1.807, 2.05) is 0 Å². The van der Waals surface area contributed by atoms with Crippen molar-refractivity contribution in [3.63, 3.8) is 0 Å². The second-order valence-electron chi connectivity index (χ2n) is 6.64. The van der Waals surface area contributed by atoms with Gasteiger partial charge in [-0.05, 0) is 37.5 Å². The van der Waals surface area contributed by atoms with Crippen molar-refractivity contribution in [1.82, 2.24) is 9.80 Å². The first-order valence-corrected chi connectivity index (χ1v) is 7.90. The van der Waals surface area contributed by atoms with Crippen molar-refractivity contribution in [2.75, 3.05) is 32.7 Å². The maximum absolute atomic E-state index is 9.72. The van der Waals surface area contributed by atoms with E-state index in [1.54, 1.807) is 0 Å². The van der Waals surface area contributed by atoms with Gasteiger partial charge in [0.05, 0.1) is 6.10 Å². The minimum Gasteiger partial charge on any atom is -0.392 e. The molecule has 2 saturated carbocycles. The van der Waals surface area contributed by atoms with Crippen LogP contribution in [-0.2, 0) is 0 Å². The van der Waals surface area contributed by atoms with Crippen LogP contribution in [0.2, 0.25) is 0 Å². The molecule has 0 spiro atoms. The Balaban J connectivity index is 1.45. The molecule has 3 aliphatic rings. The number of fused-ring (bicyclic) bond motifs is 2. The molecule has 3 nitrogen and oxygen atoms in total. The van der Waals surface area contributed by atoms with Gasteiger partial charge in [0.2, 0.25) is 0 Å². The Hall–Kier alpha value is -0.120. The lowest BCUT2D eigenvalue weighted by Gasteiger charge is -2.41. The van der Waals surface area contributed by atoms with Crippen LogP contribution in [0.15, 0.2) is 0 Å². The van der Waals surface area contributed by atoms with Gasteiger partial charge in [-0.15, -0.1) is 0 Å². The van der Waals surface area contributed by atoms with Gasteiger partial charge in [0.25, 0.3) is 0 Å². The van der Waals surface area contributed by atoms with Gasteiger partial charge in [0, 0.05) is 38.8 Å². The predicted molar refractivity (Wildman–Crippen MR) is 73.5 cm³/mol. The van der Waals surface area contributed by atoms with Crippen molar-refractivity contribution < 1.29 is 5.11 Å². The molecule has 0 aromatic rings. The van der Waals surface area contributed by atoms with Crippen molar-refractivity contribution in [2.24, 2.45) is 11.8 Å². The molecule has 4 atom stereocenters. The normalized spacial score (nSPS) is 39.3. The number of aliphatic hydroxyl groups is 1. The first kappa shape index (κ1) is 12.9. The molecule has 3 rings (SSSR count). The van der Waals surface area contributed by atoms with Crippen LogP contribution in [0, 0.1) is 11.8 Å². The highest BCUT2D eigenvalue weighted by Gasteiger charge is 2.42. The van der Waals surface area contributed by atoms with E-state index >= 15 is 0 Å². The Kier molecular flexibility index (Phi) is 3.92. The zero-order valence-electron chi connectivity index (χ0n) is 11.7. The number of β-amino-alcohol motifs (C(OH)–C–C–N with tert-alkyl or cyclic N) is 1. The molecular weight excluding hydrogens is 224 g/mol. The molecule has 3 fully saturated rings. The van der Waals surface area contributed by atoms with Crippen LogP contribution in [-0.4, -0.2) is 59.8 Å². The molecule has 1 aliphatic heterocycles. The zero-order valence-corrected chi connectivity index (χ0v) is 11.7. The summed E-state index contributed by atoms with van der Waals surface area (Å²) in [5.74, 6) is 2.07. The Morgan fingerprint density at radius 3 is 2.44 bits per heavy atom. The molecule has 3 heteroatoms. The Morgan fingerprint density at radius 1 is 1.11 bits per heavy atom. The van der Waals surface area contributed by atoms with Crippen LogP contribution in [0.25, 0.3) is 0 Å². The molecule has 1 saturated heterocycles. The van der Waals surface area contributed by atoms with E-state index in [0.717, 1.165) is 43.9 Å². The maximum atomic E-state index is 9.72. The van der Waals surface area contributed by atoms with Gasteiger partial charge in [-0.2, -0.15) is 0 Å². The molecule has 0 amide bonds. The van der Waals surface area contributed by atoms with Crippen LogP contribution in [0.3, 0.4) is 0 Å². The van der Waals surface area contributed by atoms with E-state index in [-0.39, 0.29) is 6.10 Å². The number of hydrogen-bond donors (Lipinski definition) is 1. The van der Waals surface area contributed by atoms with Gasteiger partial charge < -0.3 is 5.11 Å². The highest BCUT2D eigenvalue weighted by molar-refractivity contribution is 4.96. The summed E-state index contributed by atoms with van der Waals surface area (Å²) in [6.07, 6.45) is 6.74. The number of piperazine rings is 1. The first-order valence-electron chi connectivity index (χ1n) is 7.90. The quantitative estimate of drug-likeness (QED) is 0.822. The lowest BCUT2D eigenvalue weighted by molar-refractivity contribution is 0.0424. The highest BCUT2D eigenvalue weighted by Crippen LogP contribution is 2.46. The Morgan fingerprint density at radius 2 is 1.89 bits per heavy atom. The summed E-state index contributed by atoms with van der Waals surface area (Å²) in [7, 11) is 0. The second-order valence-corrected chi connectivity index (χ2v) is 6.64. The van der Waals surface area contributed by atoms with Crippen LogP contribution in [0.5, 0.6) is 0 Å². The number of rotatable bonds is 4. The fourth-order valence-corrected chi connectivity index (χ4v) is 4.36. The van der Waals surface area contributed by atoms with Crippen molar-refractivity contribution in [3.8, 4) is 0 Å². The van der Waals surface area contributed by atoms with Crippen LogP contribution >= 0.6 is 0 Å². The molecule has 18 heavy (non-hydrogen) atoms. The number of nitrogens with zero attached hydrogens (tertiary/aromatic N) is 2. The zero-order chi connectivity index (χ0) is 12.5. The van der Waals surface area contributed by atoms with E-state index in [4.69, 9.17) is 0 Å². The summed E-state index contributed by atoms with van der Waals surface area (Å²) in [4.78, 5) is 5.19. The maximum Gasteiger partial charge on any atom is 0.0664 e. The van der Waals surface area contributed by atoms with Crippen molar-refractivity contribution in [3.05, 3.63) is 0 Å². The van der Waals surface area contributed by atoms with E-state index in [9.17, 15) is 5.11 Å². The van der Waals surface area contributed by atoms with E-state index in [1.165, 1.54) is 38.8 Å². The standard InChI is InChI=1S/C15H28N2O/c1-2-14(18)11-16-5-7-17(8-6-16)15-10-12-3-4-13(15)9-12/h12-15,18H,2-11H2,1H3. The summed E-state index contributed by atoms with van der Waals surface area (Å²) in [6.45, 7) is 7.71. The van der Waals surface area contributed by atoms with Crippen molar-refractivity contribution >= 4 is 0 Å². The minimum atomic E-state index is -0.126. The fraction of sp³-hybridized carbons (Fsp3) is 1.00. The monoisotopic (exact) mass is 252 g/mol. The predicted octanol–water partition coefficient (Wildman–Crippen LogP) is 1.56. The molecule has 2 bridgehead atoms. The topological polar surface area (TPSA) is 26.7 Å². The second kappa shape index (κ2) is 5.48. The van der Waals surface area contributed by atoms with Gasteiger partial charge in [-0.1, -0.05) is 13.3 Å². The van der Waals surface area contributed by atoms with Crippen molar-refractivity contribution in [1.29, 1.82) is 0 Å². The molecule has 0 aromatic heterocycles. The van der Waals surface area contributed by atoms with Crippen LogP contribution < -0.4 is 0 Å².